The summed E-state index contributed by atoms with van der Waals surface area (Å²) in [5.74, 6) is -1.14. The fourth-order valence-corrected chi connectivity index (χ4v) is 2.79. The molecule has 9 nitrogen and oxygen atoms in total. The smallest absolute Gasteiger partial charge is 0.410 e. The third-order valence-electron chi connectivity index (χ3n) is 4.27. The van der Waals surface area contributed by atoms with Gasteiger partial charge in [0.05, 0.1) is 0 Å². The molecule has 0 bridgehead atoms. The van der Waals surface area contributed by atoms with Crippen molar-refractivity contribution >= 4 is 18.2 Å². The molecule has 2 N–H and O–H groups in total. The van der Waals surface area contributed by atoms with E-state index in [2.05, 4.69) is 5.32 Å². The molecule has 29 heavy (non-hydrogen) atoms. The number of carboxylic acids is 1. The second-order valence-corrected chi connectivity index (χ2v) is 7.86. The van der Waals surface area contributed by atoms with Gasteiger partial charge < -0.3 is 24.8 Å². The predicted molar refractivity (Wildman–Crippen MR) is 105 cm³/mol. The summed E-state index contributed by atoms with van der Waals surface area (Å²) < 4.78 is 10.4. The van der Waals surface area contributed by atoms with E-state index < -0.39 is 23.7 Å². The van der Waals surface area contributed by atoms with Gasteiger partial charge in [-0.05, 0) is 26.3 Å². The normalized spacial score (nSPS) is 16.0. The monoisotopic (exact) mass is 407 g/mol. The van der Waals surface area contributed by atoms with Gasteiger partial charge in [-0.1, -0.05) is 30.3 Å². The molecule has 0 aliphatic carbocycles. The molecule has 1 aliphatic rings. The molecule has 1 unspecified atom stereocenters. The van der Waals surface area contributed by atoms with Crippen LogP contribution in [0.25, 0.3) is 0 Å². The maximum Gasteiger partial charge on any atom is 0.410 e. The Hall–Kier alpha value is -2.81. The lowest BCUT2D eigenvalue weighted by Gasteiger charge is -2.36. The van der Waals surface area contributed by atoms with E-state index >= 15 is 0 Å². The van der Waals surface area contributed by atoms with Crippen LogP contribution < -0.4 is 5.32 Å². The molecule has 1 aromatic rings. The first-order valence-electron chi connectivity index (χ1n) is 9.54. The van der Waals surface area contributed by atoms with Crippen molar-refractivity contribution in [3.05, 3.63) is 35.9 Å². The van der Waals surface area contributed by atoms with Crippen molar-refractivity contribution in [2.24, 2.45) is 0 Å². The quantitative estimate of drug-likeness (QED) is 0.742. The van der Waals surface area contributed by atoms with Gasteiger partial charge in [0, 0.05) is 32.7 Å². The first-order valence-corrected chi connectivity index (χ1v) is 9.54. The van der Waals surface area contributed by atoms with Crippen LogP contribution in [0.4, 0.5) is 9.59 Å². The summed E-state index contributed by atoms with van der Waals surface area (Å²) in [6.45, 7) is 7.45. The minimum absolute atomic E-state index is 0.0631. The molecular formula is C20H29N3O6. The number of alkyl carbamates (subject to hydrolysis) is 1. The largest absolute Gasteiger partial charge is 0.480 e. The standard InChI is InChI=1S/C20H29N3O6/c1-20(2,3)29-19(27)23-11-9-22(10-12-23)13-16(17(24)25)21-18(26)28-14-15-7-5-4-6-8-15/h4-8,16H,9-14H2,1-3H3,(H,21,26)(H,24,25). The van der Waals surface area contributed by atoms with E-state index in [0.717, 1.165) is 5.56 Å². The van der Waals surface area contributed by atoms with Gasteiger partial charge in [-0.2, -0.15) is 0 Å². The molecule has 2 rings (SSSR count). The average Bonchev–Trinajstić information content (AvgIpc) is 2.66. The third kappa shape index (κ3) is 7.98. The van der Waals surface area contributed by atoms with E-state index in [4.69, 9.17) is 9.47 Å². The molecule has 0 radical (unpaired) electrons. The Labute approximate surface area is 170 Å². The van der Waals surface area contributed by atoms with E-state index in [1.807, 2.05) is 35.2 Å². The number of carboxylic acid groups (broad SMARTS) is 1. The van der Waals surface area contributed by atoms with Gasteiger partial charge >= 0.3 is 18.2 Å². The van der Waals surface area contributed by atoms with Gasteiger partial charge in [0.1, 0.15) is 18.2 Å². The Balaban J connectivity index is 1.78. The van der Waals surface area contributed by atoms with Crippen LogP contribution in [-0.4, -0.2) is 77.4 Å². The van der Waals surface area contributed by atoms with E-state index in [-0.39, 0.29) is 19.2 Å². The fourth-order valence-electron chi connectivity index (χ4n) is 2.79. The number of benzene rings is 1. The maximum atomic E-state index is 12.1. The molecule has 0 spiro atoms. The van der Waals surface area contributed by atoms with Crippen molar-refractivity contribution in [2.75, 3.05) is 32.7 Å². The zero-order valence-corrected chi connectivity index (χ0v) is 17.1. The Kier molecular flexibility index (Phi) is 7.83. The van der Waals surface area contributed by atoms with Gasteiger partial charge in [-0.25, -0.2) is 14.4 Å². The molecule has 160 valence electrons. The molecule has 0 saturated carbocycles. The molecule has 1 fully saturated rings. The SMILES string of the molecule is CC(C)(C)OC(=O)N1CCN(CC(NC(=O)OCc2ccccc2)C(=O)O)CC1. The van der Waals surface area contributed by atoms with Crippen LogP contribution in [0, 0.1) is 0 Å². The highest BCUT2D eigenvalue weighted by Crippen LogP contribution is 2.12. The second kappa shape index (κ2) is 10.1. The number of amides is 2. The zero-order chi connectivity index (χ0) is 21.4. The molecule has 1 aliphatic heterocycles. The number of ether oxygens (including phenoxy) is 2. The van der Waals surface area contributed by atoms with Crippen molar-refractivity contribution in [3.63, 3.8) is 0 Å². The highest BCUT2D eigenvalue weighted by atomic mass is 16.6. The molecule has 1 atom stereocenters. The zero-order valence-electron chi connectivity index (χ0n) is 17.1. The topological polar surface area (TPSA) is 108 Å². The lowest BCUT2D eigenvalue weighted by molar-refractivity contribution is -0.140. The van der Waals surface area contributed by atoms with Crippen LogP contribution >= 0.6 is 0 Å². The number of nitrogens with one attached hydrogen (secondary N) is 1. The summed E-state index contributed by atoms with van der Waals surface area (Å²) in [6.07, 6.45) is -1.16. The Morgan fingerprint density at radius 1 is 1.10 bits per heavy atom. The second-order valence-electron chi connectivity index (χ2n) is 7.86. The number of carbonyl (C=O) groups is 3. The van der Waals surface area contributed by atoms with Gasteiger partial charge in [-0.15, -0.1) is 0 Å². The van der Waals surface area contributed by atoms with Crippen molar-refractivity contribution in [1.82, 2.24) is 15.1 Å². The van der Waals surface area contributed by atoms with Gasteiger partial charge in [-0.3, -0.25) is 4.90 Å². The molecule has 1 heterocycles. The average molecular weight is 407 g/mol. The van der Waals surface area contributed by atoms with Crippen molar-refractivity contribution < 1.29 is 29.0 Å². The number of carbonyl (C=O) groups excluding carboxylic acids is 2. The van der Waals surface area contributed by atoms with E-state index in [0.29, 0.717) is 26.2 Å². The van der Waals surface area contributed by atoms with Crippen LogP contribution in [0.1, 0.15) is 26.3 Å². The molecule has 1 aromatic carbocycles. The third-order valence-corrected chi connectivity index (χ3v) is 4.27. The minimum Gasteiger partial charge on any atom is -0.480 e. The summed E-state index contributed by atoms with van der Waals surface area (Å²) in [6, 6.07) is 8.03. The van der Waals surface area contributed by atoms with Crippen LogP contribution in [0.3, 0.4) is 0 Å². The highest BCUT2D eigenvalue weighted by Gasteiger charge is 2.29. The number of hydrogen-bond acceptors (Lipinski definition) is 6. The molecule has 0 aromatic heterocycles. The lowest BCUT2D eigenvalue weighted by atomic mass is 10.2. The minimum atomic E-state index is -1.14. The number of aliphatic carboxylic acids is 1. The van der Waals surface area contributed by atoms with Crippen molar-refractivity contribution in [1.29, 1.82) is 0 Å². The first kappa shape index (κ1) is 22.5. The van der Waals surface area contributed by atoms with Gasteiger partial charge in [0.2, 0.25) is 0 Å². The van der Waals surface area contributed by atoms with E-state index in [1.165, 1.54) is 0 Å². The van der Waals surface area contributed by atoms with E-state index in [9.17, 15) is 19.5 Å². The van der Waals surface area contributed by atoms with Crippen molar-refractivity contribution in [2.45, 2.75) is 39.0 Å². The van der Waals surface area contributed by atoms with Crippen LogP contribution in [0.15, 0.2) is 30.3 Å². The number of nitrogens with zero attached hydrogens (tertiary/aromatic N) is 2. The van der Waals surface area contributed by atoms with Crippen LogP contribution in [-0.2, 0) is 20.9 Å². The molecular weight excluding hydrogens is 378 g/mol. The van der Waals surface area contributed by atoms with E-state index in [1.54, 1.807) is 25.7 Å². The molecule has 9 heteroatoms. The summed E-state index contributed by atoms with van der Waals surface area (Å²) in [5, 5.41) is 11.8. The van der Waals surface area contributed by atoms with Gasteiger partial charge in [0.25, 0.3) is 0 Å². The molecule has 2 amide bonds. The van der Waals surface area contributed by atoms with Crippen LogP contribution in [0.2, 0.25) is 0 Å². The Bertz CT molecular complexity index is 696. The first-order chi connectivity index (χ1) is 13.6. The Morgan fingerprint density at radius 2 is 1.72 bits per heavy atom. The lowest BCUT2D eigenvalue weighted by Crippen LogP contribution is -2.55. The predicted octanol–water partition coefficient (Wildman–Crippen LogP) is 1.92. The van der Waals surface area contributed by atoms with Crippen molar-refractivity contribution in [3.8, 4) is 0 Å². The summed E-state index contributed by atoms with van der Waals surface area (Å²) in [4.78, 5) is 39.1. The summed E-state index contributed by atoms with van der Waals surface area (Å²) in [5.41, 5.74) is 0.250. The van der Waals surface area contributed by atoms with Crippen LogP contribution in [0.5, 0.6) is 0 Å². The number of rotatable bonds is 6. The fraction of sp³-hybridized carbons (Fsp3) is 0.550. The number of piperazine rings is 1. The molecule has 1 saturated heterocycles. The summed E-state index contributed by atoms with van der Waals surface area (Å²) in [7, 11) is 0. The summed E-state index contributed by atoms with van der Waals surface area (Å²) >= 11 is 0. The maximum absolute atomic E-state index is 12.1. The number of hydrogen-bond donors (Lipinski definition) is 2. The Morgan fingerprint density at radius 3 is 2.28 bits per heavy atom. The highest BCUT2D eigenvalue weighted by molar-refractivity contribution is 5.80. The van der Waals surface area contributed by atoms with Gasteiger partial charge in [0.15, 0.2) is 0 Å².